The van der Waals surface area contributed by atoms with E-state index in [1.54, 1.807) is 0 Å². The van der Waals surface area contributed by atoms with Crippen LogP contribution in [-0.2, 0) is 12.8 Å². The van der Waals surface area contributed by atoms with Gasteiger partial charge in [-0.15, -0.1) is 0 Å². The molecule has 4 heteroatoms. The van der Waals surface area contributed by atoms with Crippen molar-refractivity contribution in [3.05, 3.63) is 41.2 Å². The number of aryl methyl sites for hydroxylation is 2. The number of nitrogens with zero attached hydrogens (tertiary/aromatic N) is 2. The molecule has 104 valence electrons. The minimum atomic E-state index is 0.356. The minimum Gasteiger partial charge on any atom is -0.368 e. The summed E-state index contributed by atoms with van der Waals surface area (Å²) in [5.41, 5.74) is 13.2. The number of H-pyrrole nitrogens is 1. The molecule has 2 aliphatic carbocycles. The zero-order chi connectivity index (χ0) is 14.0. The van der Waals surface area contributed by atoms with Crippen LogP contribution in [0.1, 0.15) is 35.6 Å². The highest BCUT2D eigenvalue weighted by atomic mass is 15.0. The largest absolute Gasteiger partial charge is 0.368 e. The van der Waals surface area contributed by atoms with Crippen LogP contribution in [0.2, 0.25) is 0 Å². The van der Waals surface area contributed by atoms with Crippen LogP contribution in [0.15, 0.2) is 24.4 Å². The molecular formula is C17H16N4. The Morgan fingerprint density at radius 3 is 2.95 bits per heavy atom. The number of fused-ring (bicyclic) bond motifs is 5. The van der Waals surface area contributed by atoms with Gasteiger partial charge in [0.1, 0.15) is 0 Å². The normalized spacial score (nSPS) is 16.8. The van der Waals surface area contributed by atoms with Crippen molar-refractivity contribution < 1.29 is 0 Å². The van der Waals surface area contributed by atoms with E-state index < -0.39 is 0 Å². The highest BCUT2D eigenvalue weighted by molar-refractivity contribution is 5.98. The van der Waals surface area contributed by atoms with Crippen LogP contribution in [0.5, 0.6) is 0 Å². The summed E-state index contributed by atoms with van der Waals surface area (Å²) in [5, 5.41) is 1.29. The van der Waals surface area contributed by atoms with Crippen LogP contribution in [-0.4, -0.2) is 15.0 Å². The molecule has 3 aromatic rings. The van der Waals surface area contributed by atoms with Crippen LogP contribution in [0.25, 0.3) is 22.2 Å². The van der Waals surface area contributed by atoms with Crippen molar-refractivity contribution in [1.29, 1.82) is 0 Å². The molecule has 0 unspecified atom stereocenters. The summed E-state index contributed by atoms with van der Waals surface area (Å²) in [4.78, 5) is 12.2. The predicted octanol–water partition coefficient (Wildman–Crippen LogP) is 3.18. The van der Waals surface area contributed by atoms with Gasteiger partial charge in [-0.05, 0) is 54.9 Å². The van der Waals surface area contributed by atoms with E-state index in [4.69, 9.17) is 5.73 Å². The number of hydrogen-bond donors (Lipinski definition) is 2. The summed E-state index contributed by atoms with van der Waals surface area (Å²) in [6.45, 7) is 0. The average Bonchev–Trinajstić information content (AvgIpc) is 3.27. The Hall–Kier alpha value is -2.36. The topological polar surface area (TPSA) is 67.6 Å². The van der Waals surface area contributed by atoms with Crippen molar-refractivity contribution in [2.45, 2.75) is 31.6 Å². The van der Waals surface area contributed by atoms with Crippen molar-refractivity contribution in [3.8, 4) is 11.3 Å². The molecule has 0 radical (unpaired) electrons. The van der Waals surface area contributed by atoms with Gasteiger partial charge < -0.3 is 10.7 Å². The fourth-order valence-corrected chi connectivity index (χ4v) is 3.47. The van der Waals surface area contributed by atoms with Crippen LogP contribution in [0, 0.1) is 0 Å². The molecule has 2 heterocycles. The van der Waals surface area contributed by atoms with Gasteiger partial charge in [0.05, 0.1) is 5.69 Å². The van der Waals surface area contributed by atoms with Gasteiger partial charge in [-0.1, -0.05) is 6.07 Å². The second kappa shape index (κ2) is 3.85. The quantitative estimate of drug-likeness (QED) is 0.717. The molecule has 0 spiro atoms. The predicted molar refractivity (Wildman–Crippen MR) is 83.1 cm³/mol. The maximum atomic E-state index is 5.81. The molecule has 3 N–H and O–H groups in total. The number of hydrogen-bond acceptors (Lipinski definition) is 3. The van der Waals surface area contributed by atoms with Gasteiger partial charge in [-0.2, -0.15) is 0 Å². The Morgan fingerprint density at radius 2 is 2.10 bits per heavy atom. The van der Waals surface area contributed by atoms with E-state index in [0.29, 0.717) is 5.95 Å². The molecule has 1 fully saturated rings. The summed E-state index contributed by atoms with van der Waals surface area (Å²) in [6.07, 6.45) is 6.52. The Balaban J connectivity index is 1.82. The summed E-state index contributed by atoms with van der Waals surface area (Å²) in [6, 6.07) is 6.82. The summed E-state index contributed by atoms with van der Waals surface area (Å²) < 4.78 is 0. The van der Waals surface area contributed by atoms with Gasteiger partial charge in [-0.3, -0.25) is 0 Å². The third-order valence-corrected chi connectivity index (χ3v) is 4.71. The first-order chi connectivity index (χ1) is 10.3. The molecule has 0 saturated heterocycles. The maximum Gasteiger partial charge on any atom is 0.220 e. The van der Waals surface area contributed by atoms with Gasteiger partial charge >= 0.3 is 0 Å². The molecule has 2 aliphatic rings. The van der Waals surface area contributed by atoms with Crippen LogP contribution < -0.4 is 5.73 Å². The molecule has 1 saturated carbocycles. The van der Waals surface area contributed by atoms with E-state index in [0.717, 1.165) is 24.5 Å². The van der Waals surface area contributed by atoms with Gasteiger partial charge in [0.2, 0.25) is 5.95 Å². The first-order valence-corrected chi connectivity index (χ1v) is 7.56. The molecule has 0 aliphatic heterocycles. The zero-order valence-corrected chi connectivity index (χ0v) is 11.7. The Kier molecular flexibility index (Phi) is 2.07. The van der Waals surface area contributed by atoms with E-state index in [1.807, 2.05) is 6.20 Å². The van der Waals surface area contributed by atoms with Crippen molar-refractivity contribution >= 4 is 16.9 Å². The first-order valence-electron chi connectivity index (χ1n) is 7.56. The number of benzene rings is 1. The minimum absolute atomic E-state index is 0.356. The number of aromatic amines is 1. The molecule has 0 atom stereocenters. The molecule has 2 aromatic heterocycles. The van der Waals surface area contributed by atoms with E-state index in [-0.39, 0.29) is 0 Å². The monoisotopic (exact) mass is 276 g/mol. The van der Waals surface area contributed by atoms with Crippen molar-refractivity contribution in [2.24, 2.45) is 0 Å². The highest BCUT2D eigenvalue weighted by Crippen LogP contribution is 2.43. The number of nitrogen functional groups attached to an aromatic ring is 1. The standard InChI is InChI=1S/C17H16N4/c18-17-19-8-11-4-6-14-15(16(11)21-17)12-7-10(9-1-2-9)3-5-13(12)20-14/h3,5,7-9,20H,1-2,4,6H2,(H2,18,19,21). The van der Waals surface area contributed by atoms with Crippen LogP contribution in [0.4, 0.5) is 5.95 Å². The molecule has 1 aromatic carbocycles. The maximum absolute atomic E-state index is 5.81. The Bertz CT molecular complexity index is 874. The molecule has 0 amide bonds. The van der Waals surface area contributed by atoms with Gasteiger partial charge in [0.25, 0.3) is 0 Å². The third kappa shape index (κ3) is 1.62. The van der Waals surface area contributed by atoms with Gasteiger partial charge in [-0.25, -0.2) is 9.97 Å². The van der Waals surface area contributed by atoms with Crippen LogP contribution >= 0.6 is 0 Å². The fourth-order valence-electron chi connectivity index (χ4n) is 3.47. The summed E-state index contributed by atoms with van der Waals surface area (Å²) >= 11 is 0. The lowest BCUT2D eigenvalue weighted by atomic mass is 9.92. The first kappa shape index (κ1) is 11.3. The average molecular weight is 276 g/mol. The van der Waals surface area contributed by atoms with Crippen LogP contribution in [0.3, 0.4) is 0 Å². The van der Waals surface area contributed by atoms with E-state index in [1.165, 1.54) is 46.1 Å². The molecule has 4 nitrogen and oxygen atoms in total. The Morgan fingerprint density at radius 1 is 1.19 bits per heavy atom. The number of rotatable bonds is 1. The van der Waals surface area contributed by atoms with Crippen molar-refractivity contribution in [3.63, 3.8) is 0 Å². The zero-order valence-electron chi connectivity index (χ0n) is 11.7. The van der Waals surface area contributed by atoms with E-state index in [9.17, 15) is 0 Å². The third-order valence-electron chi connectivity index (χ3n) is 4.71. The lowest BCUT2D eigenvalue weighted by molar-refractivity contribution is 0.891. The number of nitrogens with one attached hydrogen (secondary N) is 1. The van der Waals surface area contributed by atoms with E-state index >= 15 is 0 Å². The SMILES string of the molecule is Nc1ncc2c(n1)-c1c([nH]c3ccc(C4CC4)cc13)CC2. The number of nitrogens with two attached hydrogens (primary N) is 1. The molecule has 0 bridgehead atoms. The van der Waals surface area contributed by atoms with Crippen molar-refractivity contribution in [1.82, 2.24) is 15.0 Å². The summed E-state index contributed by atoms with van der Waals surface area (Å²) in [7, 11) is 0. The van der Waals surface area contributed by atoms with Gasteiger partial charge in [0.15, 0.2) is 0 Å². The Labute approximate surface area is 122 Å². The smallest absolute Gasteiger partial charge is 0.220 e. The summed E-state index contributed by atoms with van der Waals surface area (Å²) in [5.74, 6) is 1.12. The number of anilines is 1. The second-order valence-electron chi connectivity index (χ2n) is 6.16. The fraction of sp³-hybridized carbons (Fsp3) is 0.294. The van der Waals surface area contributed by atoms with E-state index in [2.05, 4.69) is 33.2 Å². The molecule has 21 heavy (non-hydrogen) atoms. The molecular weight excluding hydrogens is 260 g/mol. The molecule has 5 rings (SSSR count). The highest BCUT2D eigenvalue weighted by Gasteiger charge is 2.26. The second-order valence-corrected chi connectivity index (χ2v) is 6.16. The number of aromatic nitrogens is 3. The lowest BCUT2D eigenvalue weighted by Crippen LogP contribution is -2.07. The van der Waals surface area contributed by atoms with Gasteiger partial charge in [0, 0.05) is 28.4 Å². The lowest BCUT2D eigenvalue weighted by Gasteiger charge is -2.15. The van der Waals surface area contributed by atoms with Crippen molar-refractivity contribution in [2.75, 3.05) is 5.73 Å².